The molecule has 0 aliphatic carbocycles. The highest BCUT2D eigenvalue weighted by Crippen LogP contribution is 2.25. The number of carbonyl (C=O) groups is 1. The van der Waals surface area contributed by atoms with Gasteiger partial charge in [0.25, 0.3) is 0 Å². The third kappa shape index (κ3) is 7.74. The molecular formula is C26H24Cl2N4O4S. The van der Waals surface area contributed by atoms with Crippen molar-refractivity contribution in [3.8, 4) is 11.1 Å². The number of nitrogens with zero attached hydrogens (tertiary/aromatic N) is 2. The van der Waals surface area contributed by atoms with Gasteiger partial charge in [-0.2, -0.15) is 0 Å². The summed E-state index contributed by atoms with van der Waals surface area (Å²) in [6.45, 7) is -0.311. The zero-order chi connectivity index (χ0) is 25.5. The van der Waals surface area contributed by atoms with Gasteiger partial charge in [-0.15, -0.1) is 12.4 Å². The molecule has 2 heterocycles. The standard InChI is InChI=1S/C26H23ClN4O4S.ClH/c27-21-12-10-20(11-13-21)19-8-6-18(7-9-19)15-24(31-36(34,35)22-3-2-14-28-16-22)23-4-1-5-25(30-23)29-17-26(32)33;/h1-14,16,24,31H,15,17H2,(H,29,30)(H,32,33);1H. The Balaban J connectivity index is 0.00000380. The lowest BCUT2D eigenvalue weighted by molar-refractivity contribution is -0.134. The fourth-order valence-electron chi connectivity index (χ4n) is 3.59. The number of hydrogen-bond donors (Lipinski definition) is 3. The molecule has 1 unspecified atom stereocenters. The summed E-state index contributed by atoms with van der Waals surface area (Å²) in [5.74, 6) is -0.699. The first-order valence-electron chi connectivity index (χ1n) is 11.0. The quantitative estimate of drug-likeness (QED) is 0.251. The zero-order valence-corrected chi connectivity index (χ0v) is 21.8. The topological polar surface area (TPSA) is 121 Å². The van der Waals surface area contributed by atoms with Crippen LogP contribution in [0.1, 0.15) is 17.3 Å². The zero-order valence-electron chi connectivity index (χ0n) is 19.4. The molecule has 4 rings (SSSR count). The van der Waals surface area contributed by atoms with E-state index >= 15 is 0 Å². The molecule has 8 nitrogen and oxygen atoms in total. The van der Waals surface area contributed by atoms with Gasteiger partial charge in [0, 0.05) is 17.4 Å². The van der Waals surface area contributed by atoms with Gasteiger partial charge in [0.2, 0.25) is 10.0 Å². The number of halogens is 2. The van der Waals surface area contributed by atoms with Gasteiger partial charge in [-0.1, -0.05) is 54.1 Å². The molecule has 4 aromatic rings. The lowest BCUT2D eigenvalue weighted by atomic mass is 9.99. The molecule has 37 heavy (non-hydrogen) atoms. The summed E-state index contributed by atoms with van der Waals surface area (Å²) in [5, 5.41) is 12.3. The van der Waals surface area contributed by atoms with Crippen LogP contribution in [0.3, 0.4) is 0 Å². The van der Waals surface area contributed by atoms with Crippen LogP contribution in [-0.4, -0.2) is 36.0 Å². The van der Waals surface area contributed by atoms with E-state index in [1.54, 1.807) is 24.3 Å². The molecule has 0 fully saturated rings. The number of rotatable bonds is 10. The van der Waals surface area contributed by atoms with Gasteiger partial charge >= 0.3 is 5.97 Å². The summed E-state index contributed by atoms with van der Waals surface area (Å²) >= 11 is 5.98. The fraction of sp³-hybridized carbons (Fsp3) is 0.115. The molecule has 0 bridgehead atoms. The third-order valence-electron chi connectivity index (χ3n) is 5.36. The SMILES string of the molecule is Cl.O=C(O)CNc1cccc(C(Cc2ccc(-c3ccc(Cl)cc3)cc2)NS(=O)(=O)c2cccnc2)n1. The van der Waals surface area contributed by atoms with Crippen LogP contribution in [0.2, 0.25) is 5.02 Å². The average Bonchev–Trinajstić information content (AvgIpc) is 2.89. The molecule has 0 saturated heterocycles. The maximum Gasteiger partial charge on any atom is 0.322 e. The average molecular weight is 559 g/mol. The van der Waals surface area contributed by atoms with Crippen molar-refractivity contribution in [2.45, 2.75) is 17.4 Å². The number of nitrogens with one attached hydrogen (secondary N) is 2. The number of carboxylic acid groups (broad SMARTS) is 1. The first-order valence-corrected chi connectivity index (χ1v) is 12.9. The Labute approximate surface area is 226 Å². The van der Waals surface area contributed by atoms with Gasteiger partial charge in [0.1, 0.15) is 17.3 Å². The van der Waals surface area contributed by atoms with E-state index in [2.05, 4.69) is 20.0 Å². The van der Waals surface area contributed by atoms with E-state index in [9.17, 15) is 13.2 Å². The summed E-state index contributed by atoms with van der Waals surface area (Å²) in [6, 6.07) is 22.6. The second kappa shape index (κ2) is 12.6. The summed E-state index contributed by atoms with van der Waals surface area (Å²) in [4.78, 5) is 19.3. The van der Waals surface area contributed by atoms with E-state index in [1.165, 1.54) is 18.5 Å². The Morgan fingerprint density at radius 3 is 2.24 bits per heavy atom. The van der Waals surface area contributed by atoms with Crippen LogP contribution in [0, 0.1) is 0 Å². The number of anilines is 1. The number of hydrogen-bond acceptors (Lipinski definition) is 6. The van der Waals surface area contributed by atoms with E-state index in [-0.39, 0.29) is 23.8 Å². The number of sulfonamides is 1. The predicted molar refractivity (Wildman–Crippen MR) is 146 cm³/mol. The summed E-state index contributed by atoms with van der Waals surface area (Å²) in [5.41, 5.74) is 3.34. The summed E-state index contributed by atoms with van der Waals surface area (Å²) in [7, 11) is -3.90. The van der Waals surface area contributed by atoms with Crippen molar-refractivity contribution in [1.29, 1.82) is 0 Å². The van der Waals surface area contributed by atoms with Gasteiger partial charge in [0.05, 0.1) is 11.7 Å². The normalized spacial score (nSPS) is 11.8. The number of benzene rings is 2. The summed E-state index contributed by atoms with van der Waals surface area (Å²) in [6.07, 6.45) is 3.09. The smallest absolute Gasteiger partial charge is 0.322 e. The second-order valence-corrected chi connectivity index (χ2v) is 10.1. The van der Waals surface area contributed by atoms with Crippen molar-refractivity contribution < 1.29 is 18.3 Å². The van der Waals surface area contributed by atoms with Crippen molar-refractivity contribution in [3.05, 3.63) is 108 Å². The highest BCUT2D eigenvalue weighted by Gasteiger charge is 2.23. The van der Waals surface area contributed by atoms with Crippen LogP contribution >= 0.6 is 24.0 Å². The highest BCUT2D eigenvalue weighted by atomic mass is 35.5. The van der Waals surface area contributed by atoms with Crippen molar-refractivity contribution in [2.24, 2.45) is 0 Å². The van der Waals surface area contributed by atoms with E-state index in [0.717, 1.165) is 16.7 Å². The molecule has 0 aliphatic heterocycles. The molecule has 0 aliphatic rings. The van der Waals surface area contributed by atoms with E-state index in [0.29, 0.717) is 23.0 Å². The first-order chi connectivity index (χ1) is 17.3. The number of pyridine rings is 2. The Morgan fingerprint density at radius 1 is 0.946 bits per heavy atom. The minimum Gasteiger partial charge on any atom is -0.480 e. The van der Waals surface area contributed by atoms with E-state index in [4.69, 9.17) is 16.7 Å². The molecule has 3 N–H and O–H groups in total. The largest absolute Gasteiger partial charge is 0.480 e. The predicted octanol–water partition coefficient (Wildman–Crippen LogP) is 4.98. The molecule has 0 saturated carbocycles. The number of carboxylic acids is 1. The minimum atomic E-state index is -3.90. The Kier molecular flexibility index (Phi) is 9.60. The molecule has 192 valence electrons. The Bertz CT molecular complexity index is 1440. The van der Waals surface area contributed by atoms with Crippen molar-refractivity contribution in [1.82, 2.24) is 14.7 Å². The molecule has 11 heteroatoms. The third-order valence-corrected chi connectivity index (χ3v) is 7.07. The Morgan fingerprint density at radius 2 is 1.62 bits per heavy atom. The monoisotopic (exact) mass is 558 g/mol. The molecule has 2 aromatic heterocycles. The van der Waals surface area contributed by atoms with Crippen LogP contribution in [0.4, 0.5) is 5.82 Å². The van der Waals surface area contributed by atoms with Crippen molar-refractivity contribution in [3.63, 3.8) is 0 Å². The molecule has 2 aromatic carbocycles. The van der Waals surface area contributed by atoms with Crippen molar-refractivity contribution in [2.75, 3.05) is 11.9 Å². The molecule has 0 amide bonds. The van der Waals surface area contributed by atoms with Crippen LogP contribution in [0.5, 0.6) is 0 Å². The highest BCUT2D eigenvalue weighted by molar-refractivity contribution is 7.89. The lowest BCUT2D eigenvalue weighted by Crippen LogP contribution is -2.31. The minimum absolute atomic E-state index is 0. The van der Waals surface area contributed by atoms with Crippen LogP contribution in [0.15, 0.2) is 96.2 Å². The lowest BCUT2D eigenvalue weighted by Gasteiger charge is -2.19. The van der Waals surface area contributed by atoms with Gasteiger partial charge < -0.3 is 10.4 Å². The fourth-order valence-corrected chi connectivity index (χ4v) is 4.89. The van der Waals surface area contributed by atoms with E-state index < -0.39 is 22.0 Å². The number of aliphatic carboxylic acids is 1. The van der Waals surface area contributed by atoms with E-state index in [1.807, 2.05) is 48.5 Å². The molecule has 0 radical (unpaired) electrons. The first kappa shape index (κ1) is 28.1. The maximum atomic E-state index is 13.1. The molecule has 0 spiro atoms. The van der Waals surface area contributed by atoms with Crippen LogP contribution in [0.25, 0.3) is 11.1 Å². The number of aromatic nitrogens is 2. The maximum absolute atomic E-state index is 13.1. The Hall–Kier alpha value is -3.50. The molecule has 1 atom stereocenters. The van der Waals surface area contributed by atoms with Crippen molar-refractivity contribution >= 4 is 45.8 Å². The second-order valence-electron chi connectivity index (χ2n) is 7.97. The van der Waals surface area contributed by atoms with Gasteiger partial charge in [-0.05, 0) is 59.5 Å². The van der Waals surface area contributed by atoms with Gasteiger partial charge in [0.15, 0.2) is 0 Å². The van der Waals surface area contributed by atoms with Gasteiger partial charge in [-0.3, -0.25) is 9.78 Å². The molecular weight excluding hydrogens is 535 g/mol. The van der Waals surface area contributed by atoms with Crippen LogP contribution < -0.4 is 10.0 Å². The summed E-state index contributed by atoms with van der Waals surface area (Å²) < 4.78 is 28.9. The van der Waals surface area contributed by atoms with Gasteiger partial charge in [-0.25, -0.2) is 18.1 Å². The van der Waals surface area contributed by atoms with Crippen LogP contribution in [-0.2, 0) is 21.2 Å².